The van der Waals surface area contributed by atoms with Gasteiger partial charge in [-0.25, -0.2) is 0 Å². The van der Waals surface area contributed by atoms with E-state index in [0.717, 1.165) is 17.0 Å². The first-order chi connectivity index (χ1) is 7.93. The summed E-state index contributed by atoms with van der Waals surface area (Å²) in [5.74, 6) is 0. The van der Waals surface area contributed by atoms with Gasteiger partial charge >= 0.3 is 0 Å². The van der Waals surface area contributed by atoms with Crippen molar-refractivity contribution in [1.29, 1.82) is 0 Å². The van der Waals surface area contributed by atoms with E-state index in [1.165, 1.54) is 16.7 Å². The van der Waals surface area contributed by atoms with Gasteiger partial charge in [0.1, 0.15) is 0 Å². The van der Waals surface area contributed by atoms with Crippen LogP contribution in [0.15, 0.2) is 47.5 Å². The van der Waals surface area contributed by atoms with Gasteiger partial charge in [0.25, 0.3) is 0 Å². The molecule has 1 aliphatic heterocycles. The average Bonchev–Trinajstić information content (AvgIpc) is 2.85. The molecule has 0 radical (unpaired) electrons. The number of hydrogen-bond donors (Lipinski definition) is 0. The Hall–Kier alpha value is -1.27. The van der Waals surface area contributed by atoms with Crippen LogP contribution in [0.5, 0.6) is 0 Å². The molecule has 2 aromatic rings. The molecule has 0 fully saturated rings. The quantitative estimate of drug-likeness (QED) is 0.660. The second-order valence-corrected chi connectivity index (χ2v) is 4.04. The second kappa shape index (κ2) is 3.89. The first-order valence-corrected chi connectivity index (χ1v) is 5.35. The zero-order chi connectivity index (χ0) is 10.5. The van der Waals surface area contributed by atoms with E-state index in [2.05, 4.69) is 41.4 Å². The third-order valence-corrected chi connectivity index (χ3v) is 3.11. The molecule has 0 atom stereocenters. The standard InChI is InChI=1S/C15H8N.Zr/c1-2-6-11-10(5-1)9-13-12-7-3-4-8-14(12)16-15(11)13;/h1-6,8-9H;/q-1;. The molecule has 4 rings (SSSR count). The van der Waals surface area contributed by atoms with E-state index in [1.54, 1.807) is 0 Å². The Morgan fingerprint density at radius 3 is 2.82 bits per heavy atom. The summed E-state index contributed by atoms with van der Waals surface area (Å²) in [5, 5.41) is 0. The molecule has 1 nitrogen and oxygen atoms in total. The van der Waals surface area contributed by atoms with Crippen LogP contribution < -0.4 is 0 Å². The fourth-order valence-corrected chi connectivity index (χ4v) is 2.38. The van der Waals surface area contributed by atoms with Crippen molar-refractivity contribution in [3.63, 3.8) is 0 Å². The van der Waals surface area contributed by atoms with Crippen LogP contribution in [0, 0.1) is 6.07 Å². The molecule has 0 aromatic heterocycles. The molecule has 0 N–H and O–H groups in total. The third-order valence-electron chi connectivity index (χ3n) is 3.11. The summed E-state index contributed by atoms with van der Waals surface area (Å²) < 4.78 is 0. The number of hydrogen-bond acceptors (Lipinski definition) is 1. The molecule has 1 aliphatic carbocycles. The summed E-state index contributed by atoms with van der Waals surface area (Å²) >= 11 is 0. The van der Waals surface area contributed by atoms with Gasteiger partial charge in [0.05, 0.1) is 0 Å². The predicted octanol–water partition coefficient (Wildman–Crippen LogP) is 3.47. The van der Waals surface area contributed by atoms with E-state index in [1.807, 2.05) is 18.2 Å². The van der Waals surface area contributed by atoms with E-state index in [-0.39, 0.29) is 26.2 Å². The van der Waals surface area contributed by atoms with Gasteiger partial charge in [0.2, 0.25) is 0 Å². The zero-order valence-corrected chi connectivity index (χ0v) is 11.5. The van der Waals surface area contributed by atoms with Gasteiger partial charge in [0.15, 0.2) is 0 Å². The zero-order valence-electron chi connectivity index (χ0n) is 9.07. The number of fused-ring (bicyclic) bond motifs is 5. The van der Waals surface area contributed by atoms with Crippen molar-refractivity contribution in [1.82, 2.24) is 0 Å². The van der Waals surface area contributed by atoms with Crippen molar-refractivity contribution in [3.8, 4) is 0 Å². The Labute approximate surface area is 119 Å². The van der Waals surface area contributed by atoms with Crippen LogP contribution in [0.2, 0.25) is 0 Å². The fourth-order valence-electron chi connectivity index (χ4n) is 2.38. The van der Waals surface area contributed by atoms with Gasteiger partial charge in [-0.2, -0.15) is 0 Å². The van der Waals surface area contributed by atoms with E-state index in [0.29, 0.717) is 0 Å². The molecule has 0 unspecified atom stereocenters. The molecule has 2 aliphatic rings. The number of allylic oxidation sites excluding steroid dienone is 1. The first-order valence-electron chi connectivity index (χ1n) is 5.35. The SMILES string of the molecule is [Zr].[c-]1cccc2c1C1=Cc3ccccc3C1=N2. The summed E-state index contributed by atoms with van der Waals surface area (Å²) in [5.41, 5.74) is 7.00. The topological polar surface area (TPSA) is 12.4 Å². The summed E-state index contributed by atoms with van der Waals surface area (Å²) in [7, 11) is 0. The van der Waals surface area contributed by atoms with Crippen molar-refractivity contribution in [2.45, 2.75) is 0 Å². The van der Waals surface area contributed by atoms with Crippen molar-refractivity contribution >= 4 is 23.0 Å². The molecule has 0 amide bonds. The van der Waals surface area contributed by atoms with Crippen molar-refractivity contribution < 1.29 is 26.2 Å². The molecule has 1 heterocycles. The summed E-state index contributed by atoms with van der Waals surface area (Å²) in [4.78, 5) is 4.67. The van der Waals surface area contributed by atoms with Crippen LogP contribution in [0.25, 0.3) is 11.6 Å². The normalized spacial score (nSPS) is 14.1. The van der Waals surface area contributed by atoms with Crippen LogP contribution in [0.4, 0.5) is 5.69 Å². The van der Waals surface area contributed by atoms with Gasteiger partial charge in [-0.15, -0.1) is 29.8 Å². The minimum Gasteiger partial charge on any atom is -0.306 e. The Morgan fingerprint density at radius 1 is 1.00 bits per heavy atom. The summed E-state index contributed by atoms with van der Waals surface area (Å²) in [6, 6.07) is 17.6. The second-order valence-electron chi connectivity index (χ2n) is 4.04. The first kappa shape index (κ1) is 10.9. The molecular formula is C15H8NZr-. The van der Waals surface area contributed by atoms with Crippen LogP contribution in [0.3, 0.4) is 0 Å². The molecular weight excluding hydrogens is 285 g/mol. The number of benzene rings is 2. The van der Waals surface area contributed by atoms with Gasteiger partial charge < -0.3 is 4.99 Å². The Morgan fingerprint density at radius 2 is 1.88 bits per heavy atom. The van der Waals surface area contributed by atoms with Crippen molar-refractivity contribution in [2.75, 3.05) is 0 Å². The van der Waals surface area contributed by atoms with Crippen LogP contribution in [-0.2, 0) is 26.2 Å². The molecule has 2 heteroatoms. The van der Waals surface area contributed by atoms with Crippen molar-refractivity contribution in [2.24, 2.45) is 4.99 Å². The number of rotatable bonds is 0. The van der Waals surface area contributed by atoms with Gasteiger partial charge in [0, 0.05) is 31.9 Å². The van der Waals surface area contributed by atoms with Crippen molar-refractivity contribution in [3.05, 3.63) is 65.2 Å². The van der Waals surface area contributed by atoms with Crippen LogP contribution in [-0.4, -0.2) is 5.71 Å². The predicted molar refractivity (Wildman–Crippen MR) is 65.8 cm³/mol. The minimum atomic E-state index is 0. The molecule has 0 spiro atoms. The maximum absolute atomic E-state index is 4.67. The molecule has 17 heavy (non-hydrogen) atoms. The third kappa shape index (κ3) is 1.44. The summed E-state index contributed by atoms with van der Waals surface area (Å²) in [6.45, 7) is 0. The monoisotopic (exact) mass is 292 g/mol. The summed E-state index contributed by atoms with van der Waals surface area (Å²) in [6.07, 6.45) is 2.20. The van der Waals surface area contributed by atoms with E-state index in [9.17, 15) is 0 Å². The fraction of sp³-hybridized carbons (Fsp3) is 0. The number of nitrogens with zero attached hydrogens (tertiary/aromatic N) is 1. The molecule has 0 bridgehead atoms. The van der Waals surface area contributed by atoms with Gasteiger partial charge in [-0.05, 0) is 16.8 Å². The molecule has 0 saturated carbocycles. The number of aliphatic imine (C=N–C) groups is 1. The Bertz CT molecular complexity index is 609. The van der Waals surface area contributed by atoms with Gasteiger partial charge in [-0.1, -0.05) is 35.9 Å². The maximum atomic E-state index is 4.67. The largest absolute Gasteiger partial charge is 0.306 e. The molecule has 2 aromatic carbocycles. The van der Waals surface area contributed by atoms with E-state index >= 15 is 0 Å². The van der Waals surface area contributed by atoms with Crippen LogP contribution in [0.1, 0.15) is 16.7 Å². The van der Waals surface area contributed by atoms with E-state index < -0.39 is 0 Å². The Kier molecular flexibility index (Phi) is 2.48. The van der Waals surface area contributed by atoms with Crippen LogP contribution >= 0.6 is 0 Å². The average molecular weight is 293 g/mol. The maximum Gasteiger partial charge on any atom is 0.0266 e. The smallest absolute Gasteiger partial charge is 0.0266 e. The Balaban J connectivity index is 0.000000902. The minimum absolute atomic E-state index is 0. The molecule has 78 valence electrons. The molecule has 0 saturated heterocycles. The van der Waals surface area contributed by atoms with E-state index in [4.69, 9.17) is 0 Å². The van der Waals surface area contributed by atoms with Gasteiger partial charge in [-0.3, -0.25) is 0 Å².